The molecule has 0 spiro atoms. The van der Waals surface area contributed by atoms with Crippen LogP contribution in [0.15, 0.2) is 16.9 Å². The Labute approximate surface area is 149 Å². The van der Waals surface area contributed by atoms with E-state index < -0.39 is 28.6 Å². The summed E-state index contributed by atoms with van der Waals surface area (Å²) in [6.45, 7) is 1.85. The first-order valence-electron chi connectivity index (χ1n) is 7.24. The number of nitrogens with one attached hydrogen (secondary N) is 1. The van der Waals surface area contributed by atoms with E-state index in [1.165, 1.54) is 6.92 Å². The Hall–Kier alpha value is -2.37. The van der Waals surface area contributed by atoms with Crippen LogP contribution in [0.25, 0.3) is 0 Å². The number of aromatic nitrogens is 4. The van der Waals surface area contributed by atoms with E-state index in [4.69, 9.17) is 0 Å². The molecule has 2 heterocycles. The lowest BCUT2D eigenvalue weighted by atomic mass is 10.3. The van der Waals surface area contributed by atoms with Crippen LogP contribution in [0.3, 0.4) is 0 Å². The van der Waals surface area contributed by atoms with Gasteiger partial charge in [-0.15, -0.1) is 0 Å². The predicted octanol–water partition coefficient (Wildman–Crippen LogP) is 2.20. The van der Waals surface area contributed by atoms with Crippen molar-refractivity contribution in [1.29, 1.82) is 0 Å². The molecule has 2 aromatic heterocycles. The number of nitrogens with zero attached hydrogens (tertiary/aromatic N) is 5. The van der Waals surface area contributed by atoms with Crippen molar-refractivity contribution in [2.45, 2.75) is 32.9 Å². The highest BCUT2D eigenvalue weighted by Gasteiger charge is 2.31. The second-order valence-corrected chi connectivity index (χ2v) is 6.08. The molecular weight excluding hydrogens is 406 g/mol. The third-order valence-corrected chi connectivity index (χ3v) is 3.78. The van der Waals surface area contributed by atoms with Crippen molar-refractivity contribution in [3.05, 3.63) is 38.4 Å². The van der Waals surface area contributed by atoms with E-state index in [1.54, 1.807) is 17.1 Å². The van der Waals surface area contributed by atoms with E-state index in [1.807, 2.05) is 0 Å². The Bertz CT molecular complexity index is 776. The van der Waals surface area contributed by atoms with Crippen LogP contribution < -0.4 is 5.32 Å². The molecule has 9 nitrogen and oxygen atoms in total. The summed E-state index contributed by atoms with van der Waals surface area (Å²) in [7, 11) is 0. The lowest BCUT2D eigenvalue weighted by molar-refractivity contribution is -0.386. The number of halogens is 3. The lowest BCUT2D eigenvalue weighted by Gasteiger charge is -2.06. The number of alkyl halides is 2. The summed E-state index contributed by atoms with van der Waals surface area (Å²) in [6.07, 6.45) is 0.962. The van der Waals surface area contributed by atoms with E-state index in [-0.39, 0.29) is 12.2 Å². The summed E-state index contributed by atoms with van der Waals surface area (Å²) in [5.74, 6) is -0.469. The number of carbonyl (C=O) groups is 1. The molecule has 0 saturated heterocycles. The SMILES string of the molecule is Cc1c([N+](=O)[O-])c(C(F)F)nn1CC(=O)NCCCn1cc(Br)cn1. The van der Waals surface area contributed by atoms with E-state index in [2.05, 4.69) is 31.4 Å². The normalized spacial score (nSPS) is 11.1. The van der Waals surface area contributed by atoms with Crippen molar-refractivity contribution in [2.75, 3.05) is 6.54 Å². The first-order valence-corrected chi connectivity index (χ1v) is 8.03. The largest absolute Gasteiger partial charge is 0.354 e. The average Bonchev–Trinajstić information content (AvgIpc) is 3.08. The average molecular weight is 421 g/mol. The standard InChI is InChI=1S/C13H15BrF2N6O3/c1-8-12(22(24)25)11(13(15)16)19-21(8)7-10(23)17-3-2-4-20-6-9(14)5-18-20/h5-6,13H,2-4,7H2,1H3,(H,17,23). The number of carbonyl (C=O) groups excluding carboxylic acids is 1. The van der Waals surface area contributed by atoms with Gasteiger partial charge in [-0.3, -0.25) is 24.3 Å². The third-order valence-electron chi connectivity index (χ3n) is 3.37. The molecule has 0 aliphatic carbocycles. The van der Waals surface area contributed by atoms with Crippen LogP contribution in [-0.2, 0) is 17.9 Å². The molecule has 0 atom stereocenters. The molecule has 0 radical (unpaired) electrons. The fourth-order valence-electron chi connectivity index (χ4n) is 2.21. The minimum Gasteiger partial charge on any atom is -0.354 e. The summed E-state index contributed by atoms with van der Waals surface area (Å²) >= 11 is 3.27. The van der Waals surface area contributed by atoms with Crippen molar-refractivity contribution in [3.63, 3.8) is 0 Å². The zero-order valence-electron chi connectivity index (χ0n) is 13.2. The first kappa shape index (κ1) is 19.0. The molecule has 0 saturated carbocycles. The number of aryl methyl sites for hydroxylation is 1. The number of amides is 1. The van der Waals surface area contributed by atoms with Gasteiger partial charge in [0, 0.05) is 19.3 Å². The van der Waals surface area contributed by atoms with Crippen LogP contribution in [0, 0.1) is 17.0 Å². The molecule has 1 N–H and O–H groups in total. The molecule has 25 heavy (non-hydrogen) atoms. The van der Waals surface area contributed by atoms with Crippen molar-refractivity contribution >= 4 is 27.5 Å². The minimum atomic E-state index is -3.09. The molecule has 136 valence electrons. The van der Waals surface area contributed by atoms with Gasteiger partial charge in [0.1, 0.15) is 12.2 Å². The number of hydrogen-bond acceptors (Lipinski definition) is 5. The topological polar surface area (TPSA) is 108 Å². The van der Waals surface area contributed by atoms with Gasteiger partial charge in [0.25, 0.3) is 6.43 Å². The molecule has 2 aromatic rings. The zero-order chi connectivity index (χ0) is 18.6. The number of hydrogen-bond donors (Lipinski definition) is 1. The number of rotatable bonds is 8. The summed E-state index contributed by atoms with van der Waals surface area (Å²) < 4.78 is 29.1. The van der Waals surface area contributed by atoms with E-state index in [0.29, 0.717) is 19.5 Å². The van der Waals surface area contributed by atoms with Gasteiger partial charge in [0.2, 0.25) is 11.6 Å². The highest BCUT2D eigenvalue weighted by molar-refractivity contribution is 9.10. The Balaban J connectivity index is 1.89. The highest BCUT2D eigenvalue weighted by atomic mass is 79.9. The summed E-state index contributed by atoms with van der Waals surface area (Å²) in [5, 5.41) is 21.1. The monoisotopic (exact) mass is 420 g/mol. The first-order chi connectivity index (χ1) is 11.8. The smallest absolute Gasteiger partial charge is 0.319 e. The molecule has 12 heteroatoms. The number of nitro groups is 1. The lowest BCUT2D eigenvalue weighted by Crippen LogP contribution is -2.29. The second-order valence-electron chi connectivity index (χ2n) is 5.16. The Kier molecular flexibility index (Phi) is 6.17. The quantitative estimate of drug-likeness (QED) is 0.400. The van der Waals surface area contributed by atoms with Gasteiger partial charge >= 0.3 is 5.69 Å². The van der Waals surface area contributed by atoms with Crippen LogP contribution in [0.1, 0.15) is 24.2 Å². The molecule has 2 rings (SSSR count). The van der Waals surface area contributed by atoms with Gasteiger partial charge in [-0.1, -0.05) is 0 Å². The summed E-state index contributed by atoms with van der Waals surface area (Å²) in [4.78, 5) is 21.9. The molecule has 0 bridgehead atoms. The third kappa shape index (κ3) is 4.81. The Morgan fingerprint density at radius 1 is 1.52 bits per heavy atom. The molecule has 0 aromatic carbocycles. The maximum atomic E-state index is 12.8. The van der Waals surface area contributed by atoms with Crippen LogP contribution >= 0.6 is 15.9 Å². The summed E-state index contributed by atoms with van der Waals surface area (Å²) in [5.41, 5.74) is -1.77. The van der Waals surface area contributed by atoms with Crippen molar-refractivity contribution < 1.29 is 18.5 Å². The molecule has 1 amide bonds. The maximum absolute atomic E-state index is 12.8. The van der Waals surface area contributed by atoms with Gasteiger partial charge in [0.15, 0.2) is 0 Å². The van der Waals surface area contributed by atoms with Gasteiger partial charge < -0.3 is 5.32 Å². The van der Waals surface area contributed by atoms with E-state index in [9.17, 15) is 23.7 Å². The molecule has 0 aliphatic heterocycles. The fourth-order valence-corrected chi connectivity index (χ4v) is 2.54. The molecule has 0 unspecified atom stereocenters. The molecule has 0 fully saturated rings. The summed E-state index contributed by atoms with van der Waals surface area (Å²) in [6, 6.07) is 0. The van der Waals surface area contributed by atoms with Crippen LogP contribution in [0.5, 0.6) is 0 Å². The predicted molar refractivity (Wildman–Crippen MR) is 86.1 cm³/mol. The van der Waals surface area contributed by atoms with Gasteiger partial charge in [-0.2, -0.15) is 10.2 Å². The van der Waals surface area contributed by atoms with Crippen molar-refractivity contribution in [2.24, 2.45) is 0 Å². The highest BCUT2D eigenvalue weighted by Crippen LogP contribution is 2.30. The van der Waals surface area contributed by atoms with Crippen molar-refractivity contribution in [1.82, 2.24) is 24.9 Å². The minimum absolute atomic E-state index is 0.0863. The Morgan fingerprint density at radius 3 is 2.76 bits per heavy atom. The van der Waals surface area contributed by atoms with Gasteiger partial charge in [0.05, 0.1) is 15.6 Å². The van der Waals surface area contributed by atoms with Crippen LogP contribution in [0.4, 0.5) is 14.5 Å². The van der Waals surface area contributed by atoms with E-state index >= 15 is 0 Å². The Morgan fingerprint density at radius 2 is 2.24 bits per heavy atom. The van der Waals surface area contributed by atoms with Crippen LogP contribution in [0.2, 0.25) is 0 Å². The zero-order valence-corrected chi connectivity index (χ0v) is 14.7. The second kappa shape index (κ2) is 8.14. The maximum Gasteiger partial charge on any atom is 0.319 e. The fraction of sp³-hybridized carbons (Fsp3) is 0.462. The van der Waals surface area contributed by atoms with E-state index in [0.717, 1.165) is 9.15 Å². The molecular formula is C13H15BrF2N6O3. The van der Waals surface area contributed by atoms with Crippen LogP contribution in [-0.4, -0.2) is 36.9 Å². The van der Waals surface area contributed by atoms with Crippen molar-refractivity contribution in [3.8, 4) is 0 Å². The van der Waals surface area contributed by atoms with Gasteiger partial charge in [-0.05, 0) is 29.3 Å². The molecule has 0 aliphatic rings. The van der Waals surface area contributed by atoms with Gasteiger partial charge in [-0.25, -0.2) is 8.78 Å².